The molecule has 3 aliphatic heterocycles. The Morgan fingerprint density at radius 2 is 1.53 bits per heavy atom. The van der Waals surface area contributed by atoms with Gasteiger partial charge in [-0.2, -0.15) is 0 Å². The van der Waals surface area contributed by atoms with Crippen molar-refractivity contribution >= 4 is 30.6 Å². The minimum Gasteiger partial charge on any atom is -0.467 e. The van der Waals surface area contributed by atoms with E-state index in [2.05, 4.69) is 45.0 Å². The van der Waals surface area contributed by atoms with Crippen molar-refractivity contribution in [2.24, 2.45) is 0 Å². The molecule has 0 unspecified atom stereocenters. The summed E-state index contributed by atoms with van der Waals surface area (Å²) in [5.74, 6) is -2.01. The first-order valence-corrected chi connectivity index (χ1v) is 16.8. The zero-order valence-electron chi connectivity index (χ0n) is 26.0. The lowest BCUT2D eigenvalue weighted by molar-refractivity contribution is -0.285. The smallest absolute Gasteiger partial charge is 0.337 e. The molecule has 0 aliphatic carbocycles. The van der Waals surface area contributed by atoms with Crippen LogP contribution in [0.1, 0.15) is 48.0 Å². The molecular weight excluding hydrogens is 570 g/mol. The second-order valence-corrected chi connectivity index (χ2v) is 16.9. The first-order chi connectivity index (χ1) is 20.4. The molecule has 2 aromatic rings. The quantitative estimate of drug-likeness (QED) is 0.310. The van der Waals surface area contributed by atoms with E-state index in [1.165, 1.54) is 12.2 Å². The third-order valence-electron chi connectivity index (χ3n) is 8.27. The number of hydrogen-bond acceptors (Lipinski definition) is 10. The van der Waals surface area contributed by atoms with Crippen LogP contribution in [0.2, 0.25) is 5.04 Å². The second kappa shape index (κ2) is 12.4. The highest BCUT2D eigenvalue weighted by Crippen LogP contribution is 2.44. The van der Waals surface area contributed by atoms with E-state index in [-0.39, 0.29) is 24.7 Å². The van der Waals surface area contributed by atoms with E-state index in [0.717, 1.165) is 10.4 Å². The summed E-state index contributed by atoms with van der Waals surface area (Å²) in [5.41, 5.74) is 0. The number of nitrogens with zero attached hydrogens (tertiary/aromatic N) is 1. The van der Waals surface area contributed by atoms with Gasteiger partial charge >= 0.3 is 11.9 Å². The molecule has 5 rings (SSSR count). The Kier molecular flexibility index (Phi) is 9.16. The summed E-state index contributed by atoms with van der Waals surface area (Å²) in [6.45, 7) is 12.5. The van der Waals surface area contributed by atoms with Gasteiger partial charge in [0.05, 0.1) is 20.3 Å². The average Bonchev–Trinajstić information content (AvgIpc) is 3.65. The van der Waals surface area contributed by atoms with Crippen LogP contribution in [0.5, 0.6) is 0 Å². The van der Waals surface area contributed by atoms with E-state index in [1.807, 2.05) is 50.2 Å². The van der Waals surface area contributed by atoms with Gasteiger partial charge in [-0.3, -0.25) is 9.63 Å². The van der Waals surface area contributed by atoms with Crippen molar-refractivity contribution < 1.29 is 42.5 Å². The van der Waals surface area contributed by atoms with Crippen molar-refractivity contribution in [1.82, 2.24) is 5.06 Å². The molecule has 0 spiro atoms. The Morgan fingerprint density at radius 1 is 0.953 bits per heavy atom. The summed E-state index contributed by atoms with van der Waals surface area (Å²) in [4.78, 5) is 31.4. The Morgan fingerprint density at radius 3 is 2.07 bits per heavy atom. The zero-order chi connectivity index (χ0) is 31.0. The number of methoxy groups -OCH3 is 1. The molecule has 234 valence electrons. The highest BCUT2D eigenvalue weighted by Gasteiger charge is 2.61. The van der Waals surface area contributed by atoms with Gasteiger partial charge in [-0.15, -0.1) is 5.06 Å². The van der Waals surface area contributed by atoms with Gasteiger partial charge in [-0.1, -0.05) is 81.4 Å². The van der Waals surface area contributed by atoms with Crippen molar-refractivity contribution in [3.63, 3.8) is 0 Å². The van der Waals surface area contributed by atoms with Gasteiger partial charge in [0.25, 0.3) is 8.32 Å². The lowest BCUT2D eigenvalue weighted by Gasteiger charge is -2.43. The summed E-state index contributed by atoms with van der Waals surface area (Å²) in [6, 6.07) is 19.9. The second-order valence-electron chi connectivity index (χ2n) is 12.6. The Hall–Kier alpha value is -2.64. The van der Waals surface area contributed by atoms with Gasteiger partial charge in [-0.25, -0.2) is 4.79 Å². The standard InChI is InChI=1S/C32H43NO9Si/c1-8-37-29(34)23-19-24(30(35)36-7)42-33(23)28-27-26(40-32(5,6)41-27)25(39-28)20-38-43(31(2,3)4,21-15-11-9-12-16-21)22-17-13-10-14-18-22/h9-18,23-28H,8,19-20H2,1-7H3/t23-,24-,25-,26-,27-,28-/m1/s1. The Labute approximate surface area is 254 Å². The molecule has 11 heteroatoms. The maximum atomic E-state index is 13.0. The predicted molar refractivity (Wildman–Crippen MR) is 160 cm³/mol. The van der Waals surface area contributed by atoms with E-state index in [0.29, 0.717) is 0 Å². The zero-order valence-corrected chi connectivity index (χ0v) is 27.0. The lowest BCUT2D eigenvalue weighted by atomic mass is 10.1. The maximum absolute atomic E-state index is 13.0. The highest BCUT2D eigenvalue weighted by atomic mass is 28.4. The van der Waals surface area contributed by atoms with Gasteiger partial charge in [0.2, 0.25) is 0 Å². The predicted octanol–water partition coefficient (Wildman–Crippen LogP) is 2.92. The monoisotopic (exact) mass is 613 g/mol. The normalized spacial score (nSPS) is 28.9. The summed E-state index contributed by atoms with van der Waals surface area (Å²) in [6.07, 6.45) is -3.45. The minimum absolute atomic E-state index is 0.0657. The van der Waals surface area contributed by atoms with E-state index in [9.17, 15) is 9.59 Å². The fourth-order valence-corrected chi connectivity index (χ4v) is 11.1. The third-order valence-corrected chi connectivity index (χ3v) is 13.3. The first kappa shape index (κ1) is 31.8. The molecule has 10 nitrogen and oxygen atoms in total. The topological polar surface area (TPSA) is 102 Å². The molecule has 3 fully saturated rings. The van der Waals surface area contributed by atoms with Crippen molar-refractivity contribution in [3.8, 4) is 0 Å². The molecule has 0 bridgehead atoms. The van der Waals surface area contributed by atoms with Crippen LogP contribution in [0.25, 0.3) is 0 Å². The van der Waals surface area contributed by atoms with Crippen molar-refractivity contribution in [3.05, 3.63) is 60.7 Å². The van der Waals surface area contributed by atoms with Crippen LogP contribution in [0.3, 0.4) is 0 Å². The number of rotatable bonds is 9. The Bertz CT molecular complexity index is 1230. The number of ether oxygens (including phenoxy) is 5. The number of carbonyl (C=O) groups excluding carboxylic acids is 2. The van der Waals surface area contributed by atoms with Crippen LogP contribution in [0.15, 0.2) is 60.7 Å². The number of carbonyl (C=O) groups is 2. The fourth-order valence-electron chi connectivity index (χ4n) is 6.48. The summed E-state index contributed by atoms with van der Waals surface area (Å²) >= 11 is 0. The molecule has 0 radical (unpaired) electrons. The molecule has 0 N–H and O–H groups in total. The van der Waals surface area contributed by atoms with Gasteiger partial charge < -0.3 is 28.1 Å². The highest BCUT2D eigenvalue weighted by molar-refractivity contribution is 6.99. The summed E-state index contributed by atoms with van der Waals surface area (Å²) in [7, 11) is -1.60. The van der Waals surface area contributed by atoms with Crippen LogP contribution < -0.4 is 10.4 Å². The maximum Gasteiger partial charge on any atom is 0.337 e. The van der Waals surface area contributed by atoms with Crippen molar-refractivity contribution in [2.45, 2.75) is 95.5 Å². The van der Waals surface area contributed by atoms with E-state index >= 15 is 0 Å². The third kappa shape index (κ3) is 6.04. The van der Waals surface area contributed by atoms with Crippen LogP contribution in [0, 0.1) is 0 Å². The Balaban J connectivity index is 1.48. The van der Waals surface area contributed by atoms with Crippen LogP contribution in [-0.4, -0.2) is 88.1 Å². The molecule has 3 saturated heterocycles. The minimum atomic E-state index is -2.88. The molecular formula is C32H43NO9Si. The van der Waals surface area contributed by atoms with Crippen LogP contribution >= 0.6 is 0 Å². The van der Waals surface area contributed by atoms with E-state index in [4.69, 9.17) is 32.9 Å². The van der Waals surface area contributed by atoms with Gasteiger partial charge in [0.1, 0.15) is 24.4 Å². The number of hydroxylamine groups is 2. The molecule has 3 aliphatic rings. The van der Waals surface area contributed by atoms with Crippen molar-refractivity contribution in [2.75, 3.05) is 20.3 Å². The van der Waals surface area contributed by atoms with E-state index < -0.39 is 62.7 Å². The SMILES string of the molecule is CCOC(=O)[C@H]1C[C@H](C(=O)OC)ON1[C@@H]1O[C@H](CO[Si](c2ccccc2)(c2ccccc2)C(C)(C)C)[C@H]2OC(C)(C)O[C@H]21. The summed E-state index contributed by atoms with van der Waals surface area (Å²) in [5, 5.41) is 3.45. The lowest BCUT2D eigenvalue weighted by Crippen LogP contribution is -2.67. The number of hydrogen-bond donors (Lipinski definition) is 0. The molecule has 3 heterocycles. The van der Waals surface area contributed by atoms with Crippen LogP contribution in [-0.2, 0) is 42.5 Å². The number of esters is 2. The van der Waals surface area contributed by atoms with E-state index in [1.54, 1.807) is 6.92 Å². The van der Waals surface area contributed by atoms with Gasteiger partial charge in [0, 0.05) is 6.42 Å². The molecule has 6 atom stereocenters. The molecule has 0 aromatic heterocycles. The largest absolute Gasteiger partial charge is 0.467 e. The van der Waals surface area contributed by atoms with Gasteiger partial charge in [0.15, 0.2) is 18.1 Å². The van der Waals surface area contributed by atoms with Crippen LogP contribution in [0.4, 0.5) is 0 Å². The first-order valence-electron chi connectivity index (χ1n) is 14.9. The average molecular weight is 614 g/mol. The molecule has 2 aromatic carbocycles. The molecule has 43 heavy (non-hydrogen) atoms. The van der Waals surface area contributed by atoms with Gasteiger partial charge in [-0.05, 0) is 36.2 Å². The fraction of sp³-hybridized carbons (Fsp3) is 0.562. The molecule has 0 amide bonds. The number of fused-ring (bicyclic) bond motifs is 1. The summed E-state index contributed by atoms with van der Waals surface area (Å²) < 4.78 is 36.7. The van der Waals surface area contributed by atoms with Crippen molar-refractivity contribution in [1.29, 1.82) is 0 Å². The number of benzene rings is 2. The molecule has 0 saturated carbocycles.